The number of rotatable bonds is 7. The summed E-state index contributed by atoms with van der Waals surface area (Å²) in [7, 11) is 0. The molecule has 0 radical (unpaired) electrons. The summed E-state index contributed by atoms with van der Waals surface area (Å²) in [6.07, 6.45) is 5.28. The molecule has 0 aliphatic carbocycles. The molecule has 0 spiro atoms. The van der Waals surface area contributed by atoms with Crippen molar-refractivity contribution in [1.82, 2.24) is 15.5 Å². The fourth-order valence-electron chi connectivity index (χ4n) is 1.72. The minimum atomic E-state index is 0.945. The van der Waals surface area contributed by atoms with Crippen LogP contribution in [0.5, 0.6) is 0 Å². The van der Waals surface area contributed by atoms with Crippen LogP contribution in [0, 0.1) is 13.8 Å². The lowest BCUT2D eigenvalue weighted by molar-refractivity contribution is 0.596. The van der Waals surface area contributed by atoms with Crippen molar-refractivity contribution in [1.29, 1.82) is 0 Å². The third kappa shape index (κ3) is 4.04. The Bertz CT molecular complexity index is 259. The van der Waals surface area contributed by atoms with Crippen LogP contribution >= 0.6 is 0 Å². The molecule has 0 bridgehead atoms. The second-order valence-electron chi connectivity index (χ2n) is 4.15. The number of H-pyrrole nitrogens is 1. The molecule has 0 aliphatic rings. The van der Waals surface area contributed by atoms with E-state index < -0.39 is 0 Å². The van der Waals surface area contributed by atoms with Gasteiger partial charge < -0.3 is 5.32 Å². The number of hydrogen-bond acceptors (Lipinski definition) is 2. The predicted molar refractivity (Wildman–Crippen MR) is 63.9 cm³/mol. The van der Waals surface area contributed by atoms with E-state index in [1.807, 2.05) is 0 Å². The number of nitrogens with zero attached hydrogens (tertiary/aromatic N) is 1. The number of aromatic nitrogens is 2. The number of aryl methyl sites for hydroxylation is 2. The van der Waals surface area contributed by atoms with Crippen LogP contribution in [0.2, 0.25) is 0 Å². The zero-order chi connectivity index (χ0) is 11.1. The zero-order valence-corrected chi connectivity index (χ0v) is 10.2. The van der Waals surface area contributed by atoms with E-state index >= 15 is 0 Å². The fraction of sp³-hybridized carbons (Fsp3) is 0.750. The van der Waals surface area contributed by atoms with Crippen LogP contribution < -0.4 is 5.32 Å². The standard InChI is InChI=1S/C12H23N3/c1-4-5-6-7-8-13-9-12-10(2)14-15-11(12)3/h13H,4-9H2,1-3H3,(H,14,15). The summed E-state index contributed by atoms with van der Waals surface area (Å²) in [5.74, 6) is 0. The summed E-state index contributed by atoms with van der Waals surface area (Å²) in [5, 5.41) is 10.7. The van der Waals surface area contributed by atoms with E-state index in [1.165, 1.54) is 36.9 Å². The number of nitrogens with one attached hydrogen (secondary N) is 2. The van der Waals surface area contributed by atoms with Crippen molar-refractivity contribution in [3.63, 3.8) is 0 Å². The number of aromatic amines is 1. The molecule has 0 atom stereocenters. The number of hydrogen-bond donors (Lipinski definition) is 2. The topological polar surface area (TPSA) is 40.7 Å². The minimum Gasteiger partial charge on any atom is -0.313 e. The van der Waals surface area contributed by atoms with Gasteiger partial charge in [0.15, 0.2) is 0 Å². The molecular weight excluding hydrogens is 186 g/mol. The highest BCUT2D eigenvalue weighted by atomic mass is 15.1. The van der Waals surface area contributed by atoms with E-state index in [9.17, 15) is 0 Å². The lowest BCUT2D eigenvalue weighted by atomic mass is 10.2. The normalized spacial score (nSPS) is 10.9. The third-order valence-corrected chi connectivity index (χ3v) is 2.79. The first-order valence-corrected chi connectivity index (χ1v) is 5.96. The van der Waals surface area contributed by atoms with Gasteiger partial charge in [0.05, 0.1) is 5.69 Å². The first kappa shape index (κ1) is 12.2. The lowest BCUT2D eigenvalue weighted by Crippen LogP contribution is -2.15. The summed E-state index contributed by atoms with van der Waals surface area (Å²) in [6, 6.07) is 0. The maximum absolute atomic E-state index is 4.18. The smallest absolute Gasteiger partial charge is 0.0638 e. The molecule has 1 heterocycles. The maximum atomic E-state index is 4.18. The van der Waals surface area contributed by atoms with Gasteiger partial charge in [0.1, 0.15) is 0 Å². The van der Waals surface area contributed by atoms with Crippen molar-refractivity contribution in [2.45, 2.75) is 53.0 Å². The van der Waals surface area contributed by atoms with Crippen LogP contribution in [0.15, 0.2) is 0 Å². The lowest BCUT2D eigenvalue weighted by Gasteiger charge is -2.04. The summed E-state index contributed by atoms with van der Waals surface area (Å²) in [6.45, 7) is 8.43. The molecule has 86 valence electrons. The molecule has 1 rings (SSSR count). The minimum absolute atomic E-state index is 0.945. The Labute approximate surface area is 92.7 Å². The Kier molecular flexibility index (Phi) is 5.40. The first-order valence-electron chi connectivity index (χ1n) is 5.96. The predicted octanol–water partition coefficient (Wildman–Crippen LogP) is 2.70. The van der Waals surface area contributed by atoms with E-state index in [4.69, 9.17) is 0 Å². The van der Waals surface area contributed by atoms with Gasteiger partial charge >= 0.3 is 0 Å². The van der Waals surface area contributed by atoms with Gasteiger partial charge in [0.2, 0.25) is 0 Å². The van der Waals surface area contributed by atoms with Crippen LogP contribution in [0.25, 0.3) is 0 Å². The molecule has 0 saturated carbocycles. The van der Waals surface area contributed by atoms with Gasteiger partial charge in [-0.1, -0.05) is 26.2 Å². The van der Waals surface area contributed by atoms with Gasteiger partial charge in [0.25, 0.3) is 0 Å². The van der Waals surface area contributed by atoms with Crippen LogP contribution in [0.1, 0.15) is 49.6 Å². The Morgan fingerprint density at radius 2 is 2.00 bits per heavy atom. The van der Waals surface area contributed by atoms with Crippen molar-refractivity contribution in [3.05, 3.63) is 17.0 Å². The Balaban J connectivity index is 2.15. The Hall–Kier alpha value is -0.830. The highest BCUT2D eigenvalue weighted by Crippen LogP contribution is 2.08. The molecule has 0 aromatic carbocycles. The maximum Gasteiger partial charge on any atom is 0.0638 e. The largest absolute Gasteiger partial charge is 0.313 e. The molecule has 0 unspecified atom stereocenters. The first-order chi connectivity index (χ1) is 7.25. The van der Waals surface area contributed by atoms with E-state index in [1.54, 1.807) is 0 Å². The number of unbranched alkanes of at least 4 members (excludes halogenated alkanes) is 3. The molecule has 0 aliphatic heterocycles. The van der Waals surface area contributed by atoms with Crippen molar-refractivity contribution in [3.8, 4) is 0 Å². The summed E-state index contributed by atoms with van der Waals surface area (Å²) in [5.41, 5.74) is 3.63. The van der Waals surface area contributed by atoms with Gasteiger partial charge in [-0.2, -0.15) is 5.10 Å². The third-order valence-electron chi connectivity index (χ3n) is 2.79. The molecule has 0 fully saturated rings. The van der Waals surface area contributed by atoms with Crippen LogP contribution in [-0.2, 0) is 6.54 Å². The molecule has 0 saturated heterocycles. The van der Waals surface area contributed by atoms with Gasteiger partial charge in [-0.05, 0) is 26.8 Å². The molecule has 15 heavy (non-hydrogen) atoms. The quantitative estimate of drug-likeness (QED) is 0.678. The SMILES string of the molecule is CCCCCCNCc1c(C)n[nH]c1C. The van der Waals surface area contributed by atoms with Gasteiger partial charge in [-0.15, -0.1) is 0 Å². The van der Waals surface area contributed by atoms with Gasteiger partial charge in [-0.25, -0.2) is 0 Å². The van der Waals surface area contributed by atoms with Gasteiger partial charge in [0, 0.05) is 17.8 Å². The highest BCUT2D eigenvalue weighted by molar-refractivity contribution is 5.22. The fourth-order valence-corrected chi connectivity index (χ4v) is 1.72. The van der Waals surface area contributed by atoms with E-state index in [0.717, 1.165) is 18.8 Å². The average Bonchev–Trinajstić information content (AvgIpc) is 2.54. The van der Waals surface area contributed by atoms with Crippen LogP contribution in [0.4, 0.5) is 0 Å². The summed E-state index contributed by atoms with van der Waals surface area (Å²) >= 11 is 0. The molecule has 1 aromatic heterocycles. The molecule has 0 amide bonds. The van der Waals surface area contributed by atoms with Gasteiger partial charge in [-0.3, -0.25) is 5.10 Å². The second kappa shape index (κ2) is 6.62. The summed E-state index contributed by atoms with van der Waals surface area (Å²) in [4.78, 5) is 0. The molecule has 3 nitrogen and oxygen atoms in total. The highest BCUT2D eigenvalue weighted by Gasteiger charge is 2.04. The molecule has 1 aromatic rings. The average molecular weight is 209 g/mol. The van der Waals surface area contributed by atoms with Crippen molar-refractivity contribution in [2.24, 2.45) is 0 Å². The molecule has 2 N–H and O–H groups in total. The molecular formula is C12H23N3. The Morgan fingerprint density at radius 1 is 1.20 bits per heavy atom. The van der Waals surface area contributed by atoms with Crippen molar-refractivity contribution >= 4 is 0 Å². The van der Waals surface area contributed by atoms with E-state index in [2.05, 4.69) is 36.3 Å². The van der Waals surface area contributed by atoms with Crippen LogP contribution in [-0.4, -0.2) is 16.7 Å². The van der Waals surface area contributed by atoms with E-state index in [-0.39, 0.29) is 0 Å². The van der Waals surface area contributed by atoms with Crippen molar-refractivity contribution in [2.75, 3.05) is 6.54 Å². The monoisotopic (exact) mass is 209 g/mol. The van der Waals surface area contributed by atoms with Crippen molar-refractivity contribution < 1.29 is 0 Å². The van der Waals surface area contributed by atoms with Crippen LogP contribution in [0.3, 0.4) is 0 Å². The molecule has 3 heteroatoms. The summed E-state index contributed by atoms with van der Waals surface area (Å²) < 4.78 is 0. The second-order valence-corrected chi connectivity index (χ2v) is 4.15. The Morgan fingerprint density at radius 3 is 2.60 bits per heavy atom. The zero-order valence-electron chi connectivity index (χ0n) is 10.2. The van der Waals surface area contributed by atoms with E-state index in [0.29, 0.717) is 0 Å².